The van der Waals surface area contributed by atoms with Gasteiger partial charge in [-0.3, -0.25) is 19.1 Å². The van der Waals surface area contributed by atoms with Crippen molar-refractivity contribution >= 4 is 23.4 Å². The molecule has 2 fully saturated rings. The van der Waals surface area contributed by atoms with Crippen LogP contribution in [0.5, 0.6) is 0 Å². The first-order valence-electron chi connectivity index (χ1n) is 13.2. The fraction of sp³-hybridized carbons (Fsp3) is 0.538. The SMILES string of the molecule is CCn1nccc1C(=O)N[C@H](c1cn2nc(CC3(C(=O)O)CCCNC3=O)ccc2n1)C1CCC(F)(F)CC1. The molecule has 3 N–H and O–H groups in total. The van der Waals surface area contributed by atoms with Crippen molar-refractivity contribution in [2.24, 2.45) is 11.3 Å². The monoisotopic (exact) mass is 543 g/mol. The van der Waals surface area contributed by atoms with Gasteiger partial charge in [0.2, 0.25) is 11.8 Å². The zero-order chi connectivity index (χ0) is 27.8. The first kappa shape index (κ1) is 26.7. The summed E-state index contributed by atoms with van der Waals surface area (Å²) in [5, 5.41) is 24.2. The van der Waals surface area contributed by atoms with Crippen LogP contribution in [0.3, 0.4) is 0 Å². The molecule has 1 aliphatic heterocycles. The highest BCUT2D eigenvalue weighted by atomic mass is 19.3. The molecular weight excluding hydrogens is 512 g/mol. The van der Waals surface area contributed by atoms with Crippen molar-refractivity contribution < 1.29 is 28.3 Å². The predicted molar refractivity (Wildman–Crippen MR) is 134 cm³/mol. The van der Waals surface area contributed by atoms with Gasteiger partial charge >= 0.3 is 5.97 Å². The third kappa shape index (κ3) is 5.21. The molecule has 0 radical (unpaired) electrons. The molecule has 4 heterocycles. The van der Waals surface area contributed by atoms with Gasteiger partial charge in [0, 0.05) is 38.5 Å². The zero-order valence-corrected chi connectivity index (χ0v) is 21.6. The van der Waals surface area contributed by atoms with Gasteiger partial charge in [0.25, 0.3) is 5.91 Å². The standard InChI is InChI=1S/C26H31F2N7O4/c1-2-34-19(8-13-30-34)22(36)32-21(16-6-10-26(27,28)11-7-16)18-15-35-20(31-18)5-4-17(33-35)14-25(24(38)39)9-3-12-29-23(25)37/h4-5,8,13,15-16,21H,2-3,6-7,9-12,14H2,1H3,(H,29,37)(H,32,36)(H,38,39)/t21-,25?/m0/s1. The largest absolute Gasteiger partial charge is 0.480 e. The molecule has 1 saturated carbocycles. The molecule has 2 amide bonds. The number of rotatable bonds is 8. The molecule has 3 aromatic rings. The maximum absolute atomic E-state index is 13.9. The number of carboxylic acid groups (broad SMARTS) is 1. The molecular formula is C26H31F2N7O4. The van der Waals surface area contributed by atoms with Crippen LogP contribution in [0.25, 0.3) is 5.65 Å². The number of nitrogens with zero attached hydrogens (tertiary/aromatic N) is 5. The Kier molecular flexibility index (Phi) is 7.08. The average molecular weight is 544 g/mol. The maximum Gasteiger partial charge on any atom is 0.319 e. The van der Waals surface area contributed by atoms with Gasteiger partial charge in [-0.25, -0.2) is 18.3 Å². The number of alkyl halides is 2. The average Bonchev–Trinajstić information content (AvgIpc) is 3.55. The highest BCUT2D eigenvalue weighted by Gasteiger charge is 2.48. The number of halogens is 2. The number of imidazole rings is 1. The molecule has 1 aliphatic carbocycles. The Morgan fingerprint density at radius 2 is 2.00 bits per heavy atom. The van der Waals surface area contributed by atoms with E-state index in [2.05, 4.69) is 25.8 Å². The number of carboxylic acids is 1. The van der Waals surface area contributed by atoms with E-state index in [1.165, 1.54) is 10.7 Å². The Labute approximate surface area is 223 Å². The van der Waals surface area contributed by atoms with Gasteiger partial charge < -0.3 is 15.7 Å². The summed E-state index contributed by atoms with van der Waals surface area (Å²) in [6.45, 7) is 2.79. The minimum Gasteiger partial charge on any atom is -0.480 e. The van der Waals surface area contributed by atoms with Crippen LogP contribution in [-0.2, 0) is 22.6 Å². The number of hydrogen-bond donors (Lipinski definition) is 3. The summed E-state index contributed by atoms with van der Waals surface area (Å²) in [5.41, 5.74) is 0.0709. The molecule has 1 unspecified atom stereocenters. The van der Waals surface area contributed by atoms with Crippen LogP contribution in [0.15, 0.2) is 30.6 Å². The van der Waals surface area contributed by atoms with Crippen molar-refractivity contribution in [1.82, 2.24) is 35.0 Å². The van der Waals surface area contributed by atoms with Gasteiger partial charge in [-0.2, -0.15) is 10.2 Å². The zero-order valence-electron chi connectivity index (χ0n) is 21.6. The molecule has 3 aromatic heterocycles. The fourth-order valence-electron chi connectivity index (χ4n) is 5.64. The number of piperidine rings is 1. The Bertz CT molecular complexity index is 1390. The highest BCUT2D eigenvalue weighted by molar-refractivity contribution is 6.02. The second-order valence-electron chi connectivity index (χ2n) is 10.4. The van der Waals surface area contributed by atoms with E-state index < -0.39 is 29.3 Å². The Hall–Kier alpha value is -3.90. The van der Waals surface area contributed by atoms with Crippen molar-refractivity contribution in [1.29, 1.82) is 0 Å². The fourth-order valence-corrected chi connectivity index (χ4v) is 5.64. The first-order chi connectivity index (χ1) is 18.6. The summed E-state index contributed by atoms with van der Waals surface area (Å²) in [7, 11) is 0. The van der Waals surface area contributed by atoms with E-state index in [0.29, 0.717) is 42.2 Å². The van der Waals surface area contributed by atoms with Gasteiger partial charge in [-0.05, 0) is 56.7 Å². The van der Waals surface area contributed by atoms with Gasteiger partial charge in [0.15, 0.2) is 11.1 Å². The second-order valence-corrected chi connectivity index (χ2v) is 10.4. The minimum atomic E-state index is -2.73. The molecule has 2 aliphatic rings. The van der Waals surface area contributed by atoms with Crippen molar-refractivity contribution in [3.05, 3.63) is 47.7 Å². The van der Waals surface area contributed by atoms with Gasteiger partial charge in [-0.1, -0.05) is 0 Å². The topological polar surface area (TPSA) is 144 Å². The van der Waals surface area contributed by atoms with Crippen LogP contribution in [0.1, 0.15) is 73.4 Å². The summed E-state index contributed by atoms with van der Waals surface area (Å²) in [6.07, 6.45) is 3.71. The first-order valence-corrected chi connectivity index (χ1v) is 13.2. The van der Waals surface area contributed by atoms with E-state index in [-0.39, 0.29) is 50.4 Å². The maximum atomic E-state index is 13.9. The second kappa shape index (κ2) is 10.3. The van der Waals surface area contributed by atoms with Crippen LogP contribution in [0.2, 0.25) is 0 Å². The van der Waals surface area contributed by atoms with Gasteiger partial charge in [0.1, 0.15) is 5.69 Å². The Morgan fingerprint density at radius 3 is 2.69 bits per heavy atom. The van der Waals surface area contributed by atoms with Crippen LogP contribution in [-0.4, -0.2) is 59.7 Å². The molecule has 11 nitrogen and oxygen atoms in total. The summed E-state index contributed by atoms with van der Waals surface area (Å²) in [6, 6.07) is 4.26. The lowest BCUT2D eigenvalue weighted by Crippen LogP contribution is -2.52. The number of carbonyl (C=O) groups is 3. The normalized spacial score (nSPS) is 22.4. The third-order valence-electron chi connectivity index (χ3n) is 7.87. The summed E-state index contributed by atoms with van der Waals surface area (Å²) in [4.78, 5) is 42.5. The molecule has 208 valence electrons. The lowest BCUT2D eigenvalue weighted by Gasteiger charge is -2.33. The van der Waals surface area contributed by atoms with E-state index in [9.17, 15) is 28.3 Å². The minimum absolute atomic E-state index is 0.0868. The van der Waals surface area contributed by atoms with Crippen molar-refractivity contribution in [3.63, 3.8) is 0 Å². The molecule has 0 spiro atoms. The number of fused-ring (bicyclic) bond motifs is 1. The quantitative estimate of drug-likeness (QED) is 0.371. The number of nitrogens with one attached hydrogen (secondary N) is 2. The summed E-state index contributed by atoms with van der Waals surface area (Å²) >= 11 is 0. The molecule has 2 atom stereocenters. The Balaban J connectivity index is 1.45. The molecule has 1 saturated heterocycles. The van der Waals surface area contributed by atoms with Gasteiger partial charge in [-0.15, -0.1) is 0 Å². The van der Waals surface area contributed by atoms with E-state index >= 15 is 0 Å². The van der Waals surface area contributed by atoms with Crippen molar-refractivity contribution in [2.75, 3.05) is 6.54 Å². The third-order valence-corrected chi connectivity index (χ3v) is 7.87. The Morgan fingerprint density at radius 1 is 1.23 bits per heavy atom. The molecule has 5 rings (SSSR count). The summed E-state index contributed by atoms with van der Waals surface area (Å²) in [5.74, 6) is -5.10. The van der Waals surface area contributed by atoms with Crippen molar-refractivity contribution in [3.8, 4) is 0 Å². The van der Waals surface area contributed by atoms with E-state index in [1.54, 1.807) is 29.1 Å². The van der Waals surface area contributed by atoms with Gasteiger partial charge in [0.05, 0.1) is 23.6 Å². The van der Waals surface area contributed by atoms with Crippen molar-refractivity contribution in [2.45, 2.75) is 70.4 Å². The molecule has 0 bridgehead atoms. The van der Waals surface area contributed by atoms with Crippen LogP contribution in [0.4, 0.5) is 8.78 Å². The number of carbonyl (C=O) groups excluding carboxylic acids is 2. The molecule has 13 heteroatoms. The van der Waals surface area contributed by atoms with E-state index in [1.807, 2.05) is 6.92 Å². The summed E-state index contributed by atoms with van der Waals surface area (Å²) < 4.78 is 30.9. The van der Waals surface area contributed by atoms with Crippen LogP contribution < -0.4 is 10.6 Å². The van der Waals surface area contributed by atoms with E-state index in [0.717, 1.165) is 0 Å². The number of aromatic nitrogens is 5. The number of aliphatic carboxylic acids is 1. The van der Waals surface area contributed by atoms with Crippen LogP contribution in [0, 0.1) is 11.3 Å². The lowest BCUT2D eigenvalue weighted by atomic mass is 9.76. The number of hydrogen-bond acceptors (Lipinski definition) is 6. The highest BCUT2D eigenvalue weighted by Crippen LogP contribution is 2.41. The van der Waals surface area contributed by atoms with Crippen LogP contribution >= 0.6 is 0 Å². The lowest BCUT2D eigenvalue weighted by molar-refractivity contribution is -0.158. The molecule has 0 aromatic carbocycles. The smallest absolute Gasteiger partial charge is 0.319 e. The molecule has 39 heavy (non-hydrogen) atoms. The number of aryl methyl sites for hydroxylation is 1. The number of amides is 2. The van der Waals surface area contributed by atoms with E-state index in [4.69, 9.17) is 0 Å². The predicted octanol–water partition coefficient (Wildman–Crippen LogP) is 2.77.